The molecule has 1 aromatic rings. The zero-order valence-corrected chi connectivity index (χ0v) is 5.92. The first-order chi connectivity index (χ1) is 5.61. The number of hydrogen-bond acceptors (Lipinski definition) is 2. The Morgan fingerprint density at radius 3 is 2.92 bits per heavy atom. The van der Waals surface area contributed by atoms with Crippen molar-refractivity contribution in [3.05, 3.63) is 17.5 Å². The monoisotopic (exact) mass is 176 g/mol. The SMILES string of the molecule is O=C(O)c1c[nH]nc1CC(F)F. The van der Waals surface area contributed by atoms with E-state index in [0.717, 1.165) is 6.20 Å². The van der Waals surface area contributed by atoms with Crippen molar-refractivity contribution in [1.29, 1.82) is 0 Å². The molecule has 0 atom stereocenters. The minimum absolute atomic E-state index is 0.113. The Labute approximate surface area is 66.2 Å². The number of aromatic amines is 1. The second-order valence-corrected chi connectivity index (χ2v) is 2.15. The molecule has 0 aromatic carbocycles. The van der Waals surface area contributed by atoms with Crippen molar-refractivity contribution in [1.82, 2.24) is 10.2 Å². The fraction of sp³-hybridized carbons (Fsp3) is 0.333. The molecule has 1 aromatic heterocycles. The fourth-order valence-corrected chi connectivity index (χ4v) is 0.805. The topological polar surface area (TPSA) is 66.0 Å². The summed E-state index contributed by atoms with van der Waals surface area (Å²) in [7, 11) is 0. The maximum absolute atomic E-state index is 11.8. The van der Waals surface area contributed by atoms with E-state index in [9.17, 15) is 13.6 Å². The third-order valence-electron chi connectivity index (χ3n) is 1.30. The number of aromatic carboxylic acids is 1. The Kier molecular flexibility index (Phi) is 2.37. The van der Waals surface area contributed by atoms with Crippen LogP contribution in [0, 0.1) is 0 Å². The van der Waals surface area contributed by atoms with Crippen LogP contribution in [0.4, 0.5) is 8.78 Å². The average molecular weight is 176 g/mol. The largest absolute Gasteiger partial charge is 0.478 e. The number of aromatic nitrogens is 2. The van der Waals surface area contributed by atoms with Crippen LogP contribution in [0.15, 0.2) is 6.20 Å². The number of nitrogens with one attached hydrogen (secondary N) is 1. The lowest BCUT2D eigenvalue weighted by molar-refractivity contribution is 0.0694. The summed E-state index contributed by atoms with van der Waals surface area (Å²) in [6.45, 7) is 0. The van der Waals surface area contributed by atoms with Gasteiger partial charge in [0.2, 0.25) is 6.43 Å². The van der Waals surface area contributed by atoms with Crippen LogP contribution in [0.5, 0.6) is 0 Å². The molecule has 4 nitrogen and oxygen atoms in total. The Morgan fingerprint density at radius 2 is 2.42 bits per heavy atom. The lowest BCUT2D eigenvalue weighted by atomic mass is 10.2. The summed E-state index contributed by atoms with van der Waals surface area (Å²) < 4.78 is 23.6. The summed E-state index contributed by atoms with van der Waals surface area (Å²) in [5.74, 6) is -1.25. The van der Waals surface area contributed by atoms with Crippen molar-refractivity contribution in [3.8, 4) is 0 Å². The van der Waals surface area contributed by atoms with Crippen LogP contribution in [0.2, 0.25) is 0 Å². The second-order valence-electron chi connectivity index (χ2n) is 2.15. The molecule has 0 unspecified atom stereocenters. The molecule has 0 aliphatic carbocycles. The van der Waals surface area contributed by atoms with Gasteiger partial charge in [0.05, 0.1) is 12.1 Å². The Bertz CT molecular complexity index is 285. The molecule has 0 amide bonds. The van der Waals surface area contributed by atoms with E-state index in [0.29, 0.717) is 0 Å². The molecule has 0 bridgehead atoms. The molecule has 2 N–H and O–H groups in total. The number of nitrogens with zero attached hydrogens (tertiary/aromatic N) is 1. The number of carbonyl (C=O) groups is 1. The minimum Gasteiger partial charge on any atom is -0.478 e. The quantitative estimate of drug-likeness (QED) is 0.719. The molecule has 6 heteroatoms. The third kappa shape index (κ3) is 1.77. The van der Waals surface area contributed by atoms with Gasteiger partial charge in [-0.2, -0.15) is 5.10 Å². The Hall–Kier alpha value is -1.46. The van der Waals surface area contributed by atoms with E-state index in [4.69, 9.17) is 5.11 Å². The summed E-state index contributed by atoms with van der Waals surface area (Å²) in [4.78, 5) is 10.4. The van der Waals surface area contributed by atoms with E-state index in [1.165, 1.54) is 0 Å². The Balaban J connectivity index is 2.84. The van der Waals surface area contributed by atoms with E-state index in [2.05, 4.69) is 10.2 Å². The summed E-state index contributed by atoms with van der Waals surface area (Å²) in [6, 6.07) is 0. The van der Waals surface area contributed by atoms with E-state index in [1.807, 2.05) is 0 Å². The highest BCUT2D eigenvalue weighted by Gasteiger charge is 2.16. The normalized spacial score (nSPS) is 10.6. The number of carboxylic acids is 1. The number of hydrogen-bond donors (Lipinski definition) is 2. The first-order valence-corrected chi connectivity index (χ1v) is 3.15. The van der Waals surface area contributed by atoms with E-state index >= 15 is 0 Å². The summed E-state index contributed by atoms with van der Waals surface area (Å²) in [5, 5.41) is 14.1. The molecule has 1 rings (SSSR count). The van der Waals surface area contributed by atoms with Gasteiger partial charge >= 0.3 is 5.97 Å². The molecule has 0 spiro atoms. The van der Waals surface area contributed by atoms with Crippen molar-refractivity contribution in [2.24, 2.45) is 0 Å². The second kappa shape index (κ2) is 3.29. The number of carboxylic acid groups (broad SMARTS) is 1. The van der Waals surface area contributed by atoms with E-state index in [-0.39, 0.29) is 11.3 Å². The molecule has 1 heterocycles. The highest BCUT2D eigenvalue weighted by atomic mass is 19.3. The van der Waals surface area contributed by atoms with Gasteiger partial charge in [0, 0.05) is 6.20 Å². The van der Waals surface area contributed by atoms with Crippen LogP contribution in [0.1, 0.15) is 16.1 Å². The Morgan fingerprint density at radius 1 is 1.75 bits per heavy atom. The van der Waals surface area contributed by atoms with Crippen molar-refractivity contribution >= 4 is 5.97 Å². The summed E-state index contributed by atoms with van der Waals surface area (Å²) >= 11 is 0. The molecular weight excluding hydrogens is 170 g/mol. The van der Waals surface area contributed by atoms with Gasteiger partial charge in [-0.05, 0) is 0 Å². The zero-order valence-electron chi connectivity index (χ0n) is 5.92. The molecular formula is C6H6F2N2O2. The van der Waals surface area contributed by atoms with Crippen molar-refractivity contribution in [3.63, 3.8) is 0 Å². The summed E-state index contributed by atoms with van der Waals surface area (Å²) in [5.41, 5.74) is -0.312. The van der Waals surface area contributed by atoms with Gasteiger partial charge in [0.1, 0.15) is 5.56 Å². The number of alkyl halides is 2. The van der Waals surface area contributed by atoms with Crippen LogP contribution in [0.3, 0.4) is 0 Å². The zero-order chi connectivity index (χ0) is 9.14. The molecule has 0 aliphatic rings. The molecule has 0 fully saturated rings. The predicted molar refractivity (Wildman–Crippen MR) is 35.3 cm³/mol. The smallest absolute Gasteiger partial charge is 0.339 e. The lowest BCUT2D eigenvalue weighted by Crippen LogP contribution is -2.04. The van der Waals surface area contributed by atoms with Crippen LogP contribution < -0.4 is 0 Å². The van der Waals surface area contributed by atoms with Gasteiger partial charge in [-0.25, -0.2) is 13.6 Å². The molecule has 0 saturated carbocycles. The highest BCUT2D eigenvalue weighted by Crippen LogP contribution is 2.09. The van der Waals surface area contributed by atoms with Crippen LogP contribution in [-0.4, -0.2) is 27.7 Å². The van der Waals surface area contributed by atoms with Gasteiger partial charge in [-0.3, -0.25) is 5.10 Å². The van der Waals surface area contributed by atoms with Crippen LogP contribution >= 0.6 is 0 Å². The van der Waals surface area contributed by atoms with Gasteiger partial charge in [0.25, 0.3) is 0 Å². The number of rotatable bonds is 3. The highest BCUT2D eigenvalue weighted by molar-refractivity contribution is 5.88. The lowest BCUT2D eigenvalue weighted by Gasteiger charge is -1.95. The number of H-pyrrole nitrogens is 1. The van der Waals surface area contributed by atoms with Gasteiger partial charge in [0.15, 0.2) is 0 Å². The van der Waals surface area contributed by atoms with Gasteiger partial charge < -0.3 is 5.11 Å². The van der Waals surface area contributed by atoms with Crippen LogP contribution in [-0.2, 0) is 6.42 Å². The first-order valence-electron chi connectivity index (χ1n) is 3.15. The minimum atomic E-state index is -2.58. The van der Waals surface area contributed by atoms with Crippen molar-refractivity contribution in [2.45, 2.75) is 12.8 Å². The molecule has 0 radical (unpaired) electrons. The van der Waals surface area contributed by atoms with Crippen molar-refractivity contribution in [2.75, 3.05) is 0 Å². The maximum atomic E-state index is 11.8. The third-order valence-corrected chi connectivity index (χ3v) is 1.30. The van der Waals surface area contributed by atoms with Crippen LogP contribution in [0.25, 0.3) is 0 Å². The number of halogens is 2. The standard InChI is InChI=1S/C6H6F2N2O2/c7-5(8)1-4-3(6(11)12)2-9-10-4/h2,5H,1H2,(H,9,10)(H,11,12). The van der Waals surface area contributed by atoms with E-state index < -0.39 is 18.8 Å². The fourth-order valence-electron chi connectivity index (χ4n) is 0.805. The molecule has 0 saturated heterocycles. The van der Waals surface area contributed by atoms with Gasteiger partial charge in [-0.15, -0.1) is 0 Å². The maximum Gasteiger partial charge on any atom is 0.339 e. The average Bonchev–Trinajstić information content (AvgIpc) is 2.33. The molecule has 0 aliphatic heterocycles. The molecule has 12 heavy (non-hydrogen) atoms. The predicted octanol–water partition coefficient (Wildman–Crippen LogP) is 0.915. The summed E-state index contributed by atoms with van der Waals surface area (Å²) in [6.07, 6.45) is -2.13. The van der Waals surface area contributed by atoms with E-state index in [1.54, 1.807) is 0 Å². The molecule has 66 valence electrons. The van der Waals surface area contributed by atoms with Gasteiger partial charge in [-0.1, -0.05) is 0 Å². The van der Waals surface area contributed by atoms with Crippen molar-refractivity contribution < 1.29 is 18.7 Å². The first kappa shape index (κ1) is 8.63.